The van der Waals surface area contributed by atoms with Crippen LogP contribution >= 0.6 is 11.3 Å². The maximum Gasteiger partial charge on any atom is 0.260 e. The number of benzene rings is 1. The van der Waals surface area contributed by atoms with Crippen molar-refractivity contribution in [1.29, 1.82) is 0 Å². The van der Waals surface area contributed by atoms with Crippen molar-refractivity contribution in [2.75, 3.05) is 0 Å². The molecule has 0 aliphatic rings. The number of thiophene rings is 1. The zero-order chi connectivity index (χ0) is 15.8. The molecule has 0 aliphatic carbocycles. The van der Waals surface area contributed by atoms with Gasteiger partial charge in [-0.1, -0.05) is 12.1 Å². The molecule has 112 valence electrons. The molecule has 0 unspecified atom stereocenters. The number of aromatic amines is 1. The highest BCUT2D eigenvalue weighted by Gasteiger charge is 2.14. The molecule has 0 radical (unpaired) electrons. The van der Waals surface area contributed by atoms with E-state index in [4.69, 9.17) is 0 Å². The van der Waals surface area contributed by atoms with Crippen LogP contribution in [0, 0.1) is 5.82 Å². The van der Waals surface area contributed by atoms with Gasteiger partial charge in [-0.05, 0) is 23.8 Å². The summed E-state index contributed by atoms with van der Waals surface area (Å²) in [6.45, 7) is 0. The number of nitrogens with zero attached hydrogens (tertiary/aromatic N) is 3. The van der Waals surface area contributed by atoms with Crippen LogP contribution in [-0.4, -0.2) is 19.9 Å². The lowest BCUT2D eigenvalue weighted by molar-refractivity contribution is 0.628. The topological polar surface area (TPSA) is 71.5 Å². The highest BCUT2D eigenvalue weighted by molar-refractivity contribution is 7.17. The minimum absolute atomic E-state index is 0.266. The van der Waals surface area contributed by atoms with E-state index in [9.17, 15) is 9.18 Å². The first-order valence-electron chi connectivity index (χ1n) is 6.77. The molecule has 7 heteroatoms. The Morgan fingerprint density at radius 1 is 1.09 bits per heavy atom. The first-order chi connectivity index (χ1) is 11.2. The normalized spacial score (nSPS) is 11.0. The Morgan fingerprint density at radius 3 is 2.57 bits per heavy atom. The van der Waals surface area contributed by atoms with Gasteiger partial charge in [0.25, 0.3) is 5.56 Å². The van der Waals surface area contributed by atoms with Crippen LogP contribution in [0.1, 0.15) is 0 Å². The maximum atomic E-state index is 13.1. The molecule has 23 heavy (non-hydrogen) atoms. The summed E-state index contributed by atoms with van der Waals surface area (Å²) in [6.07, 6.45) is 3.18. The van der Waals surface area contributed by atoms with Gasteiger partial charge in [-0.3, -0.25) is 4.79 Å². The fourth-order valence-electron chi connectivity index (χ4n) is 2.32. The predicted molar refractivity (Wildman–Crippen MR) is 86.7 cm³/mol. The third-order valence-corrected chi connectivity index (χ3v) is 4.25. The van der Waals surface area contributed by atoms with E-state index in [-0.39, 0.29) is 11.4 Å². The van der Waals surface area contributed by atoms with E-state index in [0.717, 1.165) is 11.1 Å². The van der Waals surface area contributed by atoms with Crippen molar-refractivity contribution in [1.82, 2.24) is 19.9 Å². The zero-order valence-electron chi connectivity index (χ0n) is 11.7. The van der Waals surface area contributed by atoms with E-state index in [2.05, 4.69) is 19.9 Å². The molecule has 0 aliphatic heterocycles. The third-order valence-electron chi connectivity index (χ3n) is 3.38. The second-order valence-electron chi connectivity index (χ2n) is 4.82. The van der Waals surface area contributed by atoms with E-state index in [0.29, 0.717) is 21.9 Å². The first kappa shape index (κ1) is 13.7. The molecule has 5 nitrogen and oxygen atoms in total. The van der Waals surface area contributed by atoms with Crippen molar-refractivity contribution < 1.29 is 4.39 Å². The Kier molecular flexibility index (Phi) is 3.20. The van der Waals surface area contributed by atoms with Crippen molar-refractivity contribution in [2.45, 2.75) is 0 Å². The minimum Gasteiger partial charge on any atom is -0.303 e. The van der Waals surface area contributed by atoms with Gasteiger partial charge in [0, 0.05) is 23.3 Å². The number of hydrogen-bond acceptors (Lipinski definition) is 5. The van der Waals surface area contributed by atoms with Gasteiger partial charge in [-0.25, -0.2) is 19.3 Å². The first-order valence-corrected chi connectivity index (χ1v) is 7.65. The number of rotatable bonds is 2. The summed E-state index contributed by atoms with van der Waals surface area (Å²) in [4.78, 5) is 28.4. The SMILES string of the molecule is O=c1[nH]c(-c2ncccn2)nc2scc(-c3ccc(F)cc3)c12. The van der Waals surface area contributed by atoms with Crippen LogP contribution < -0.4 is 5.56 Å². The molecule has 0 spiro atoms. The lowest BCUT2D eigenvalue weighted by Crippen LogP contribution is -2.10. The van der Waals surface area contributed by atoms with E-state index < -0.39 is 0 Å². The summed E-state index contributed by atoms with van der Waals surface area (Å²) in [7, 11) is 0. The minimum atomic E-state index is -0.316. The molecule has 4 rings (SSSR count). The van der Waals surface area contributed by atoms with Crippen LogP contribution in [-0.2, 0) is 0 Å². The third kappa shape index (κ3) is 2.40. The van der Waals surface area contributed by atoms with Crippen LogP contribution in [0.25, 0.3) is 33.0 Å². The van der Waals surface area contributed by atoms with Crippen molar-refractivity contribution in [3.05, 3.63) is 64.3 Å². The number of nitrogens with one attached hydrogen (secondary N) is 1. The van der Waals surface area contributed by atoms with Gasteiger partial charge >= 0.3 is 0 Å². The Morgan fingerprint density at radius 2 is 1.83 bits per heavy atom. The zero-order valence-corrected chi connectivity index (χ0v) is 12.5. The standard InChI is InChI=1S/C16H9FN4OS/c17-10-4-2-9(3-5-10)11-8-23-16-12(11)15(22)20-14(21-16)13-18-6-1-7-19-13/h1-8H,(H,20,21,22). The number of hydrogen-bond donors (Lipinski definition) is 1. The van der Waals surface area contributed by atoms with Gasteiger partial charge in [0.1, 0.15) is 10.6 Å². The van der Waals surface area contributed by atoms with Gasteiger partial charge in [-0.15, -0.1) is 11.3 Å². The number of fused-ring (bicyclic) bond motifs is 1. The van der Waals surface area contributed by atoms with E-state index in [1.807, 2.05) is 5.38 Å². The molecule has 0 saturated heterocycles. The van der Waals surface area contributed by atoms with Gasteiger partial charge in [-0.2, -0.15) is 0 Å². The quantitative estimate of drug-likeness (QED) is 0.614. The summed E-state index contributed by atoms with van der Waals surface area (Å²) in [5.41, 5.74) is 1.24. The van der Waals surface area contributed by atoms with Crippen LogP contribution in [0.4, 0.5) is 4.39 Å². The Bertz CT molecular complexity index is 1040. The average molecular weight is 324 g/mol. The van der Waals surface area contributed by atoms with Crippen molar-refractivity contribution >= 4 is 21.6 Å². The van der Waals surface area contributed by atoms with Crippen LogP contribution in [0.15, 0.2) is 52.9 Å². The second kappa shape index (κ2) is 5.36. The molecule has 3 aromatic heterocycles. The molecule has 1 N–H and O–H groups in total. The van der Waals surface area contributed by atoms with Crippen LogP contribution in [0.2, 0.25) is 0 Å². The van der Waals surface area contributed by atoms with Gasteiger partial charge < -0.3 is 4.98 Å². The summed E-state index contributed by atoms with van der Waals surface area (Å²) in [5, 5.41) is 2.33. The summed E-state index contributed by atoms with van der Waals surface area (Å²) >= 11 is 1.36. The number of aromatic nitrogens is 4. The molecule has 0 amide bonds. The lowest BCUT2D eigenvalue weighted by atomic mass is 10.1. The summed E-state index contributed by atoms with van der Waals surface area (Å²) in [6, 6.07) is 7.71. The Hall–Kier alpha value is -2.93. The second-order valence-corrected chi connectivity index (χ2v) is 5.68. The van der Waals surface area contributed by atoms with E-state index >= 15 is 0 Å². The molecule has 0 saturated carbocycles. The smallest absolute Gasteiger partial charge is 0.260 e. The van der Waals surface area contributed by atoms with Crippen LogP contribution in [0.5, 0.6) is 0 Å². The van der Waals surface area contributed by atoms with E-state index in [1.54, 1.807) is 30.6 Å². The molecular formula is C16H9FN4OS. The summed E-state index contributed by atoms with van der Waals surface area (Å²) in [5.74, 6) is 0.377. The van der Waals surface area contributed by atoms with Crippen molar-refractivity contribution in [3.63, 3.8) is 0 Å². The number of H-pyrrole nitrogens is 1. The monoisotopic (exact) mass is 324 g/mol. The van der Waals surface area contributed by atoms with Gasteiger partial charge in [0.15, 0.2) is 11.6 Å². The Labute approximate surface area is 133 Å². The van der Waals surface area contributed by atoms with Gasteiger partial charge in [0.2, 0.25) is 0 Å². The van der Waals surface area contributed by atoms with Crippen molar-refractivity contribution in [3.8, 4) is 22.8 Å². The fraction of sp³-hybridized carbons (Fsp3) is 0. The molecule has 0 atom stereocenters. The molecule has 0 fully saturated rings. The van der Waals surface area contributed by atoms with E-state index in [1.165, 1.54) is 23.5 Å². The predicted octanol–water partition coefficient (Wildman–Crippen LogP) is 3.25. The van der Waals surface area contributed by atoms with Crippen LogP contribution in [0.3, 0.4) is 0 Å². The van der Waals surface area contributed by atoms with Crippen molar-refractivity contribution in [2.24, 2.45) is 0 Å². The highest BCUT2D eigenvalue weighted by atomic mass is 32.1. The molecule has 0 bridgehead atoms. The molecule has 3 heterocycles. The molecule has 4 aromatic rings. The lowest BCUT2D eigenvalue weighted by Gasteiger charge is -2.01. The number of halogens is 1. The summed E-state index contributed by atoms with van der Waals surface area (Å²) < 4.78 is 13.1. The highest BCUT2D eigenvalue weighted by Crippen LogP contribution is 2.31. The molecule has 1 aromatic carbocycles. The fourth-order valence-corrected chi connectivity index (χ4v) is 3.27. The molecular weight excluding hydrogens is 315 g/mol. The van der Waals surface area contributed by atoms with Gasteiger partial charge in [0.05, 0.1) is 5.39 Å². The average Bonchev–Trinajstić information content (AvgIpc) is 3.01. The Balaban J connectivity index is 1.91. The largest absolute Gasteiger partial charge is 0.303 e. The maximum absolute atomic E-state index is 13.1.